The van der Waals surface area contributed by atoms with E-state index in [0.717, 1.165) is 12.8 Å². The quantitative estimate of drug-likeness (QED) is 0.344. The lowest BCUT2D eigenvalue weighted by molar-refractivity contribution is -0.144. The molecule has 2 aliphatic carbocycles. The van der Waals surface area contributed by atoms with Crippen molar-refractivity contribution in [1.82, 2.24) is 35.2 Å². The van der Waals surface area contributed by atoms with Crippen LogP contribution in [0.2, 0.25) is 0 Å². The van der Waals surface area contributed by atoms with Crippen LogP contribution >= 0.6 is 0 Å². The molecule has 3 heterocycles. The van der Waals surface area contributed by atoms with Crippen molar-refractivity contribution in [2.45, 2.75) is 82.5 Å². The Bertz CT molecular complexity index is 1410. The lowest BCUT2D eigenvalue weighted by Crippen LogP contribution is -2.37. The van der Waals surface area contributed by atoms with Gasteiger partial charge in [0.2, 0.25) is 11.8 Å². The normalized spacial score (nSPS) is 19.1. The summed E-state index contributed by atoms with van der Waals surface area (Å²) >= 11 is 0. The van der Waals surface area contributed by atoms with Gasteiger partial charge in [0.05, 0.1) is 47.8 Å². The highest BCUT2D eigenvalue weighted by molar-refractivity contribution is 5.95. The second-order valence-corrected chi connectivity index (χ2v) is 10.9. The number of hydrogen-bond donors (Lipinski definition) is 2. The maximum atomic E-state index is 14.0. The summed E-state index contributed by atoms with van der Waals surface area (Å²) in [5.41, 5.74) is 2.16. The SMILES string of the molecule is Cc1ncncc1C(=O)N[C@H](c1cn2ncc(C(NC(=O)CCC(F)(F)F)C3CC3)cc2n1)C1CCC(F)(F)CC1. The van der Waals surface area contributed by atoms with Gasteiger partial charge in [-0.1, -0.05) is 0 Å². The summed E-state index contributed by atoms with van der Waals surface area (Å²) in [5, 5.41) is 10.1. The van der Waals surface area contributed by atoms with Gasteiger partial charge in [0.25, 0.3) is 5.91 Å². The van der Waals surface area contributed by atoms with E-state index in [1.165, 1.54) is 23.2 Å². The van der Waals surface area contributed by atoms with E-state index < -0.39 is 48.8 Å². The first kappa shape index (κ1) is 28.8. The van der Waals surface area contributed by atoms with Crippen LogP contribution < -0.4 is 10.6 Å². The van der Waals surface area contributed by atoms with Gasteiger partial charge in [-0.2, -0.15) is 18.3 Å². The second-order valence-electron chi connectivity index (χ2n) is 10.9. The minimum atomic E-state index is -4.43. The van der Waals surface area contributed by atoms with E-state index >= 15 is 0 Å². The molecule has 2 saturated carbocycles. The van der Waals surface area contributed by atoms with E-state index in [4.69, 9.17) is 0 Å². The van der Waals surface area contributed by atoms with Crippen molar-refractivity contribution in [3.8, 4) is 0 Å². The number of aromatic nitrogens is 5. The molecule has 9 nitrogen and oxygen atoms in total. The number of nitrogens with one attached hydrogen (secondary N) is 2. The fourth-order valence-corrected chi connectivity index (χ4v) is 5.30. The largest absolute Gasteiger partial charge is 0.389 e. The van der Waals surface area contributed by atoms with Crippen LogP contribution in [0, 0.1) is 18.8 Å². The van der Waals surface area contributed by atoms with E-state index in [2.05, 4.69) is 30.7 Å². The highest BCUT2D eigenvalue weighted by atomic mass is 19.4. The number of fused-ring (bicyclic) bond motifs is 1. The van der Waals surface area contributed by atoms with Crippen molar-refractivity contribution in [1.29, 1.82) is 0 Å². The molecule has 2 amide bonds. The zero-order chi connectivity index (χ0) is 29.4. The van der Waals surface area contributed by atoms with Crippen molar-refractivity contribution in [2.75, 3.05) is 0 Å². The van der Waals surface area contributed by atoms with Crippen LogP contribution in [0.5, 0.6) is 0 Å². The van der Waals surface area contributed by atoms with Crippen molar-refractivity contribution < 1.29 is 31.5 Å². The van der Waals surface area contributed by atoms with Crippen LogP contribution in [0.3, 0.4) is 0 Å². The maximum Gasteiger partial charge on any atom is 0.389 e. The molecule has 220 valence electrons. The van der Waals surface area contributed by atoms with E-state index in [1.54, 1.807) is 19.2 Å². The molecule has 2 fully saturated rings. The minimum Gasteiger partial charge on any atom is -0.349 e. The summed E-state index contributed by atoms with van der Waals surface area (Å²) in [6.45, 7) is 1.67. The highest BCUT2D eigenvalue weighted by Gasteiger charge is 2.40. The average Bonchev–Trinajstić information content (AvgIpc) is 3.67. The molecule has 0 aliphatic heterocycles. The zero-order valence-electron chi connectivity index (χ0n) is 22.3. The highest BCUT2D eigenvalue weighted by Crippen LogP contribution is 2.43. The lowest BCUT2D eigenvalue weighted by atomic mass is 9.81. The Kier molecular flexibility index (Phi) is 7.93. The third-order valence-electron chi connectivity index (χ3n) is 7.76. The number of carbonyl (C=O) groups is 2. The van der Waals surface area contributed by atoms with Gasteiger partial charge in [-0.05, 0) is 56.1 Å². The molecule has 0 bridgehead atoms. The smallest absolute Gasteiger partial charge is 0.349 e. The molecule has 3 aromatic rings. The number of aryl methyl sites for hydroxylation is 1. The number of nitrogens with zero attached hydrogens (tertiary/aromatic N) is 5. The average molecular weight is 580 g/mol. The molecule has 2 atom stereocenters. The monoisotopic (exact) mass is 579 g/mol. The van der Waals surface area contributed by atoms with E-state index in [1.807, 2.05) is 0 Å². The molecule has 0 radical (unpaired) electrons. The molecule has 5 rings (SSSR count). The molecular weight excluding hydrogens is 549 g/mol. The summed E-state index contributed by atoms with van der Waals surface area (Å²) in [4.78, 5) is 38.1. The second kappa shape index (κ2) is 11.3. The van der Waals surface area contributed by atoms with Crippen LogP contribution in [0.15, 0.2) is 31.0 Å². The van der Waals surface area contributed by atoms with Crippen molar-refractivity contribution in [2.24, 2.45) is 11.8 Å². The molecule has 3 aromatic heterocycles. The Hall–Kier alpha value is -3.71. The summed E-state index contributed by atoms with van der Waals surface area (Å²) in [6.07, 6.45) is 0.982. The third-order valence-corrected chi connectivity index (χ3v) is 7.76. The minimum absolute atomic E-state index is 0.0794. The first-order chi connectivity index (χ1) is 19.4. The summed E-state index contributed by atoms with van der Waals surface area (Å²) in [6, 6.07) is 0.502. The first-order valence-corrected chi connectivity index (χ1v) is 13.6. The van der Waals surface area contributed by atoms with E-state index in [9.17, 15) is 31.5 Å². The summed E-state index contributed by atoms with van der Waals surface area (Å²) < 4.78 is 67.2. The van der Waals surface area contributed by atoms with Crippen molar-refractivity contribution >= 4 is 17.5 Å². The van der Waals surface area contributed by atoms with E-state index in [0.29, 0.717) is 22.6 Å². The molecule has 0 spiro atoms. The first-order valence-electron chi connectivity index (χ1n) is 13.6. The van der Waals surface area contributed by atoms with Crippen LogP contribution in [-0.4, -0.2) is 48.5 Å². The number of halogens is 5. The third kappa shape index (κ3) is 7.14. The van der Waals surface area contributed by atoms with Gasteiger partial charge in [0, 0.05) is 25.5 Å². The number of carbonyl (C=O) groups excluding carboxylic acids is 2. The fraction of sp³-hybridized carbons (Fsp3) is 0.556. The van der Waals surface area contributed by atoms with Gasteiger partial charge >= 0.3 is 6.18 Å². The molecule has 0 saturated heterocycles. The molecule has 14 heteroatoms. The van der Waals surface area contributed by atoms with Crippen LogP contribution in [0.25, 0.3) is 5.65 Å². The number of rotatable bonds is 9. The Morgan fingerprint density at radius 3 is 2.44 bits per heavy atom. The predicted octanol–water partition coefficient (Wildman–Crippen LogP) is 5.03. The van der Waals surface area contributed by atoms with Gasteiger partial charge in [-0.3, -0.25) is 9.59 Å². The number of alkyl halides is 5. The Morgan fingerprint density at radius 2 is 1.78 bits per heavy atom. The predicted molar refractivity (Wildman–Crippen MR) is 136 cm³/mol. The number of imidazole rings is 1. The summed E-state index contributed by atoms with van der Waals surface area (Å²) in [7, 11) is 0. The number of amides is 2. The molecular formula is C27H30F5N7O2. The molecule has 2 N–H and O–H groups in total. The van der Waals surface area contributed by atoms with Gasteiger partial charge < -0.3 is 10.6 Å². The molecule has 2 aliphatic rings. The van der Waals surface area contributed by atoms with Crippen molar-refractivity contribution in [3.63, 3.8) is 0 Å². The lowest BCUT2D eigenvalue weighted by Gasteiger charge is -2.33. The Morgan fingerprint density at radius 1 is 1.07 bits per heavy atom. The molecule has 1 unspecified atom stereocenters. The number of hydrogen-bond acceptors (Lipinski definition) is 6. The standard InChI is InChI=1S/C27H30F5N7O2/c1-15-19(12-33-14-34-15)25(41)38-24(17-4-7-26(28,29)8-5-17)20-13-39-21(36-20)10-18(11-35-39)23(16-2-3-16)37-22(40)6-9-27(30,31)32/h10-14,16-17,23-24H,2-9H2,1H3,(H,37,40)(H,38,41)/t23?,24-/m0/s1. The van der Waals surface area contributed by atoms with Crippen LogP contribution in [-0.2, 0) is 4.79 Å². The van der Waals surface area contributed by atoms with Gasteiger partial charge in [-0.25, -0.2) is 28.2 Å². The van der Waals surface area contributed by atoms with Crippen LogP contribution in [0.4, 0.5) is 22.0 Å². The zero-order valence-corrected chi connectivity index (χ0v) is 22.3. The summed E-state index contributed by atoms with van der Waals surface area (Å²) in [5.74, 6) is -4.13. The topological polar surface area (TPSA) is 114 Å². The van der Waals surface area contributed by atoms with Crippen molar-refractivity contribution in [3.05, 3.63) is 53.5 Å². The Balaban J connectivity index is 1.40. The Labute approximate surface area is 232 Å². The van der Waals surface area contributed by atoms with Crippen LogP contribution in [0.1, 0.15) is 90.8 Å². The fourth-order valence-electron chi connectivity index (χ4n) is 5.30. The maximum absolute atomic E-state index is 14.0. The van der Waals surface area contributed by atoms with Gasteiger partial charge in [0.15, 0.2) is 5.65 Å². The molecule has 0 aromatic carbocycles. The van der Waals surface area contributed by atoms with E-state index in [-0.39, 0.29) is 43.1 Å². The molecule has 41 heavy (non-hydrogen) atoms. The van der Waals surface area contributed by atoms with Gasteiger partial charge in [-0.15, -0.1) is 0 Å². The van der Waals surface area contributed by atoms with Gasteiger partial charge in [0.1, 0.15) is 6.33 Å².